The van der Waals surface area contributed by atoms with Gasteiger partial charge in [0, 0.05) is 0 Å². The van der Waals surface area contributed by atoms with Crippen LogP contribution in [0.25, 0.3) is 0 Å². The van der Waals surface area contributed by atoms with Gasteiger partial charge in [0.2, 0.25) is 0 Å². The third-order valence-electron chi connectivity index (χ3n) is 0.733. The van der Waals surface area contributed by atoms with Crippen molar-refractivity contribution in [3.05, 3.63) is 36.8 Å². The molecule has 0 heterocycles. The minimum Gasteiger partial charge on any atom is -0.464 e. The largest absolute Gasteiger partial charge is 0.464 e. The topological polar surface area (TPSA) is 33.1 Å². The SMILES string of the molecule is C=C(C)/C=C/OC(=C)C=N. The van der Waals surface area contributed by atoms with Gasteiger partial charge in [0.25, 0.3) is 0 Å². The van der Waals surface area contributed by atoms with E-state index in [-0.39, 0.29) is 0 Å². The monoisotopic (exact) mass is 137 g/mol. The Labute approximate surface area is 61.0 Å². The minimum absolute atomic E-state index is 0.317. The summed E-state index contributed by atoms with van der Waals surface area (Å²) in [7, 11) is 0. The number of rotatable bonds is 4. The molecule has 0 aliphatic carbocycles. The molecule has 0 rings (SSSR count). The predicted molar refractivity (Wildman–Crippen MR) is 43.0 cm³/mol. The molecule has 0 aliphatic heterocycles. The van der Waals surface area contributed by atoms with Crippen LogP contribution in [0, 0.1) is 5.41 Å². The lowest BCUT2D eigenvalue weighted by atomic mass is 10.3. The first-order chi connectivity index (χ1) is 4.66. The molecule has 0 saturated carbocycles. The van der Waals surface area contributed by atoms with Crippen molar-refractivity contribution >= 4 is 6.21 Å². The maximum Gasteiger partial charge on any atom is 0.136 e. The zero-order valence-corrected chi connectivity index (χ0v) is 6.05. The van der Waals surface area contributed by atoms with Crippen LogP contribution in [0.1, 0.15) is 6.92 Å². The van der Waals surface area contributed by atoms with Crippen molar-refractivity contribution in [2.24, 2.45) is 0 Å². The summed E-state index contributed by atoms with van der Waals surface area (Å²) in [5, 5.41) is 6.69. The number of nitrogens with one attached hydrogen (secondary N) is 1. The van der Waals surface area contributed by atoms with Crippen LogP contribution < -0.4 is 0 Å². The Morgan fingerprint density at radius 3 is 2.50 bits per heavy atom. The summed E-state index contributed by atoms with van der Waals surface area (Å²) < 4.78 is 4.82. The highest BCUT2D eigenvalue weighted by atomic mass is 16.5. The van der Waals surface area contributed by atoms with Crippen molar-refractivity contribution < 1.29 is 4.74 Å². The van der Waals surface area contributed by atoms with Gasteiger partial charge in [-0.3, -0.25) is 0 Å². The molecular weight excluding hydrogens is 126 g/mol. The van der Waals surface area contributed by atoms with E-state index in [4.69, 9.17) is 10.1 Å². The molecule has 2 heteroatoms. The van der Waals surface area contributed by atoms with Crippen LogP contribution in [-0.2, 0) is 4.74 Å². The first kappa shape index (κ1) is 8.69. The molecule has 0 saturated heterocycles. The van der Waals surface area contributed by atoms with Crippen molar-refractivity contribution in [1.82, 2.24) is 0 Å². The molecular formula is C8H11NO. The molecule has 0 radical (unpaired) electrons. The summed E-state index contributed by atoms with van der Waals surface area (Å²) >= 11 is 0. The summed E-state index contributed by atoms with van der Waals surface area (Å²) in [6.07, 6.45) is 4.20. The minimum atomic E-state index is 0.317. The second kappa shape index (κ2) is 4.56. The number of hydrogen-bond acceptors (Lipinski definition) is 2. The fourth-order valence-electron chi connectivity index (χ4n) is 0.272. The molecule has 10 heavy (non-hydrogen) atoms. The summed E-state index contributed by atoms with van der Waals surface area (Å²) in [6.45, 7) is 8.90. The summed E-state index contributed by atoms with van der Waals surface area (Å²) in [4.78, 5) is 0. The molecule has 2 nitrogen and oxygen atoms in total. The van der Waals surface area contributed by atoms with Crippen LogP contribution in [0.15, 0.2) is 36.8 Å². The van der Waals surface area contributed by atoms with Crippen LogP contribution in [-0.4, -0.2) is 6.21 Å². The van der Waals surface area contributed by atoms with E-state index in [1.54, 1.807) is 6.08 Å². The quantitative estimate of drug-likeness (QED) is 0.360. The van der Waals surface area contributed by atoms with Crippen molar-refractivity contribution in [3.63, 3.8) is 0 Å². The lowest BCUT2D eigenvalue weighted by Gasteiger charge is -1.94. The van der Waals surface area contributed by atoms with Crippen LogP contribution in [0.5, 0.6) is 0 Å². The van der Waals surface area contributed by atoms with Gasteiger partial charge in [0.05, 0.1) is 12.5 Å². The van der Waals surface area contributed by atoms with E-state index in [9.17, 15) is 0 Å². The van der Waals surface area contributed by atoms with Crippen molar-refractivity contribution in [3.8, 4) is 0 Å². The molecule has 0 spiro atoms. The Hall–Kier alpha value is -1.31. The van der Waals surface area contributed by atoms with Gasteiger partial charge in [-0.15, -0.1) is 0 Å². The van der Waals surface area contributed by atoms with Crippen molar-refractivity contribution in [2.45, 2.75) is 6.92 Å². The molecule has 0 aliphatic rings. The van der Waals surface area contributed by atoms with Gasteiger partial charge in [0.1, 0.15) is 5.76 Å². The Kier molecular flexibility index (Phi) is 3.96. The summed E-state index contributed by atoms with van der Waals surface area (Å²) in [5.74, 6) is 0.317. The summed E-state index contributed by atoms with van der Waals surface area (Å²) in [5.41, 5.74) is 0.901. The molecule has 1 N–H and O–H groups in total. The van der Waals surface area contributed by atoms with Gasteiger partial charge in [-0.1, -0.05) is 18.7 Å². The normalized spacial score (nSPS) is 9.30. The molecule has 0 amide bonds. The highest BCUT2D eigenvalue weighted by Gasteiger charge is 1.80. The lowest BCUT2D eigenvalue weighted by Crippen LogP contribution is -1.81. The van der Waals surface area contributed by atoms with E-state index in [1.807, 2.05) is 6.92 Å². The van der Waals surface area contributed by atoms with Crippen LogP contribution in [0.4, 0.5) is 0 Å². The summed E-state index contributed by atoms with van der Waals surface area (Å²) in [6, 6.07) is 0. The average Bonchev–Trinajstić information content (AvgIpc) is 1.87. The second-order valence-corrected chi connectivity index (χ2v) is 1.88. The molecule has 0 fully saturated rings. The van der Waals surface area contributed by atoms with Gasteiger partial charge < -0.3 is 10.1 Å². The zero-order valence-electron chi connectivity index (χ0n) is 6.05. The molecule has 0 aromatic carbocycles. The van der Waals surface area contributed by atoms with Crippen molar-refractivity contribution in [1.29, 1.82) is 5.41 Å². The molecule has 0 aromatic rings. The Morgan fingerprint density at radius 1 is 1.50 bits per heavy atom. The first-order valence-corrected chi connectivity index (χ1v) is 2.85. The van der Waals surface area contributed by atoms with Crippen LogP contribution in [0.3, 0.4) is 0 Å². The van der Waals surface area contributed by atoms with Gasteiger partial charge in [0.15, 0.2) is 0 Å². The highest BCUT2D eigenvalue weighted by Crippen LogP contribution is 1.93. The van der Waals surface area contributed by atoms with E-state index in [0.29, 0.717) is 5.76 Å². The van der Waals surface area contributed by atoms with Gasteiger partial charge in [-0.25, -0.2) is 0 Å². The maximum atomic E-state index is 6.69. The standard InChI is InChI=1S/C8H11NO/c1-7(2)4-5-10-8(3)6-9/h4-6,9H,1,3H2,2H3/b5-4+,9-6?. The Bertz CT molecular complexity index is 180. The van der Waals surface area contributed by atoms with E-state index in [1.165, 1.54) is 6.26 Å². The average molecular weight is 137 g/mol. The van der Waals surface area contributed by atoms with Gasteiger partial charge >= 0.3 is 0 Å². The fourth-order valence-corrected chi connectivity index (χ4v) is 0.272. The van der Waals surface area contributed by atoms with E-state index >= 15 is 0 Å². The maximum absolute atomic E-state index is 6.69. The Morgan fingerprint density at radius 2 is 2.10 bits per heavy atom. The van der Waals surface area contributed by atoms with E-state index < -0.39 is 0 Å². The number of ether oxygens (including phenoxy) is 1. The highest BCUT2D eigenvalue weighted by molar-refractivity contribution is 5.71. The van der Waals surface area contributed by atoms with E-state index in [2.05, 4.69) is 13.2 Å². The third-order valence-corrected chi connectivity index (χ3v) is 0.733. The third kappa shape index (κ3) is 4.84. The predicted octanol–water partition coefficient (Wildman–Crippen LogP) is 2.26. The fraction of sp³-hybridized carbons (Fsp3) is 0.125. The molecule has 0 atom stereocenters. The molecule has 0 unspecified atom stereocenters. The zero-order chi connectivity index (χ0) is 7.98. The molecule has 54 valence electrons. The number of allylic oxidation sites excluding steroid dienone is 3. The van der Waals surface area contributed by atoms with Gasteiger partial charge in [-0.2, -0.15) is 0 Å². The van der Waals surface area contributed by atoms with Crippen LogP contribution in [0.2, 0.25) is 0 Å². The van der Waals surface area contributed by atoms with Crippen LogP contribution >= 0.6 is 0 Å². The number of hydrogen-bond donors (Lipinski definition) is 1. The smallest absolute Gasteiger partial charge is 0.136 e. The van der Waals surface area contributed by atoms with Gasteiger partial charge in [-0.05, 0) is 13.0 Å². The lowest BCUT2D eigenvalue weighted by molar-refractivity contribution is 0.381. The Balaban J connectivity index is 3.63. The second-order valence-electron chi connectivity index (χ2n) is 1.88. The molecule has 0 bridgehead atoms. The first-order valence-electron chi connectivity index (χ1n) is 2.85. The van der Waals surface area contributed by atoms with Crippen molar-refractivity contribution in [2.75, 3.05) is 0 Å². The molecule has 0 aromatic heterocycles. The van der Waals surface area contributed by atoms with E-state index in [0.717, 1.165) is 11.8 Å².